The number of amides is 1. The Morgan fingerprint density at radius 2 is 2.20 bits per heavy atom. The molecule has 0 fully saturated rings. The summed E-state index contributed by atoms with van der Waals surface area (Å²) in [6.07, 6.45) is 2.27. The van der Waals surface area contributed by atoms with Gasteiger partial charge in [-0.1, -0.05) is 17.7 Å². The number of anilines is 1. The molecule has 1 aromatic rings. The number of hydrogen-bond donors (Lipinski definition) is 2. The maximum Gasteiger partial charge on any atom is 0.224 e. The van der Waals surface area contributed by atoms with Gasteiger partial charge in [0.2, 0.25) is 5.91 Å². The molecule has 3 nitrogen and oxygen atoms in total. The molecule has 80 valence electrons. The fourth-order valence-electron chi connectivity index (χ4n) is 2.10. The Bertz CT molecular complexity index is 399. The van der Waals surface area contributed by atoms with Crippen LogP contribution < -0.4 is 11.1 Å². The summed E-state index contributed by atoms with van der Waals surface area (Å²) in [5.74, 6) is 0.115. The van der Waals surface area contributed by atoms with E-state index in [-0.39, 0.29) is 5.91 Å². The molecule has 0 saturated heterocycles. The van der Waals surface area contributed by atoms with Gasteiger partial charge < -0.3 is 11.1 Å². The van der Waals surface area contributed by atoms with E-state index in [1.807, 2.05) is 0 Å². The summed E-state index contributed by atoms with van der Waals surface area (Å²) in [7, 11) is 0. The normalized spacial score (nSPS) is 14.7. The Kier molecular flexibility index (Phi) is 2.73. The molecule has 0 unspecified atom stereocenters. The van der Waals surface area contributed by atoms with E-state index in [1.165, 1.54) is 16.7 Å². The number of aryl methyl sites for hydroxylation is 2. The smallest absolute Gasteiger partial charge is 0.224 e. The van der Waals surface area contributed by atoms with E-state index in [1.54, 1.807) is 0 Å². The standard InChI is InChI=1S/C12H16N2O/c1-8-6-9-2-3-11(15)14-12(9)10(7-8)4-5-13/h6-7H,2-5,13H2,1H3,(H,14,15). The lowest BCUT2D eigenvalue weighted by Gasteiger charge is -2.21. The van der Waals surface area contributed by atoms with Crippen LogP contribution in [0.1, 0.15) is 23.1 Å². The summed E-state index contributed by atoms with van der Waals surface area (Å²) in [4.78, 5) is 11.3. The van der Waals surface area contributed by atoms with Crippen LogP contribution in [0.15, 0.2) is 12.1 Å². The van der Waals surface area contributed by atoms with Crippen LogP contribution in [0.3, 0.4) is 0 Å². The van der Waals surface area contributed by atoms with Gasteiger partial charge in [-0.2, -0.15) is 0 Å². The van der Waals surface area contributed by atoms with Gasteiger partial charge in [-0.05, 0) is 37.4 Å². The minimum atomic E-state index is 0.115. The van der Waals surface area contributed by atoms with Gasteiger partial charge in [0.15, 0.2) is 0 Å². The maximum atomic E-state index is 11.3. The highest BCUT2D eigenvalue weighted by atomic mass is 16.1. The first kappa shape index (κ1) is 10.2. The number of fused-ring (bicyclic) bond motifs is 1. The summed E-state index contributed by atoms with van der Waals surface area (Å²) < 4.78 is 0. The molecule has 1 aliphatic heterocycles. The Morgan fingerprint density at radius 1 is 1.40 bits per heavy atom. The predicted molar refractivity (Wildman–Crippen MR) is 60.9 cm³/mol. The molecule has 1 amide bonds. The first-order chi connectivity index (χ1) is 7.20. The second-order valence-electron chi connectivity index (χ2n) is 4.05. The predicted octanol–water partition coefficient (Wildman–Crippen LogP) is 1.38. The van der Waals surface area contributed by atoms with E-state index in [2.05, 4.69) is 24.4 Å². The Morgan fingerprint density at radius 3 is 2.93 bits per heavy atom. The zero-order valence-electron chi connectivity index (χ0n) is 8.97. The van der Waals surface area contributed by atoms with E-state index in [0.717, 1.165) is 18.5 Å². The quantitative estimate of drug-likeness (QED) is 0.764. The van der Waals surface area contributed by atoms with Crippen LogP contribution in [0.5, 0.6) is 0 Å². The largest absolute Gasteiger partial charge is 0.330 e. The highest BCUT2D eigenvalue weighted by Gasteiger charge is 2.17. The van der Waals surface area contributed by atoms with Crippen LogP contribution in [0.25, 0.3) is 0 Å². The van der Waals surface area contributed by atoms with Crippen molar-refractivity contribution in [1.82, 2.24) is 0 Å². The second kappa shape index (κ2) is 4.03. The van der Waals surface area contributed by atoms with Gasteiger partial charge in [-0.25, -0.2) is 0 Å². The van der Waals surface area contributed by atoms with Gasteiger partial charge in [-0.3, -0.25) is 4.79 Å². The monoisotopic (exact) mass is 204 g/mol. The second-order valence-corrected chi connectivity index (χ2v) is 4.05. The molecular weight excluding hydrogens is 188 g/mol. The third-order valence-electron chi connectivity index (χ3n) is 2.75. The van der Waals surface area contributed by atoms with Gasteiger partial charge >= 0.3 is 0 Å². The van der Waals surface area contributed by atoms with Gasteiger partial charge in [0.05, 0.1) is 0 Å². The molecule has 1 aromatic carbocycles. The highest BCUT2D eigenvalue weighted by molar-refractivity contribution is 5.94. The number of hydrogen-bond acceptors (Lipinski definition) is 2. The van der Waals surface area contributed by atoms with E-state index in [9.17, 15) is 4.79 Å². The Balaban J connectivity index is 2.45. The van der Waals surface area contributed by atoms with Crippen LogP contribution in [0.2, 0.25) is 0 Å². The topological polar surface area (TPSA) is 55.1 Å². The molecule has 0 atom stereocenters. The summed E-state index contributed by atoms with van der Waals surface area (Å²) in [5.41, 5.74) is 10.2. The van der Waals surface area contributed by atoms with E-state index < -0.39 is 0 Å². The van der Waals surface area contributed by atoms with E-state index in [4.69, 9.17) is 5.73 Å². The van der Waals surface area contributed by atoms with Crippen molar-refractivity contribution in [2.75, 3.05) is 11.9 Å². The van der Waals surface area contributed by atoms with Crippen molar-refractivity contribution in [2.45, 2.75) is 26.2 Å². The fourth-order valence-corrected chi connectivity index (χ4v) is 2.10. The number of carbonyl (C=O) groups excluding carboxylic acids is 1. The first-order valence-corrected chi connectivity index (χ1v) is 5.33. The third kappa shape index (κ3) is 2.02. The number of nitrogens with one attached hydrogen (secondary N) is 1. The van der Waals surface area contributed by atoms with Crippen molar-refractivity contribution in [3.05, 3.63) is 28.8 Å². The first-order valence-electron chi connectivity index (χ1n) is 5.33. The SMILES string of the molecule is Cc1cc(CCN)c2c(c1)CCC(=O)N2. The molecule has 1 aliphatic rings. The molecule has 1 heterocycles. The lowest BCUT2D eigenvalue weighted by Crippen LogP contribution is -2.21. The third-order valence-corrected chi connectivity index (χ3v) is 2.75. The summed E-state index contributed by atoms with van der Waals surface area (Å²) in [6, 6.07) is 4.26. The molecule has 3 N–H and O–H groups in total. The Labute approximate surface area is 89.7 Å². The van der Waals surface area contributed by atoms with E-state index >= 15 is 0 Å². The van der Waals surface area contributed by atoms with Crippen molar-refractivity contribution in [3.8, 4) is 0 Å². The number of nitrogens with two attached hydrogens (primary N) is 1. The molecule has 0 radical (unpaired) electrons. The summed E-state index contributed by atoms with van der Waals surface area (Å²) in [6.45, 7) is 2.70. The molecule has 0 spiro atoms. The molecule has 3 heteroatoms. The van der Waals surface area contributed by atoms with Gasteiger partial charge in [-0.15, -0.1) is 0 Å². The van der Waals surface area contributed by atoms with Crippen molar-refractivity contribution in [3.63, 3.8) is 0 Å². The van der Waals surface area contributed by atoms with Crippen molar-refractivity contribution < 1.29 is 4.79 Å². The van der Waals surface area contributed by atoms with Crippen LogP contribution in [-0.2, 0) is 17.6 Å². The molecule has 2 rings (SSSR count). The minimum absolute atomic E-state index is 0.115. The van der Waals surface area contributed by atoms with Gasteiger partial charge in [0.1, 0.15) is 0 Å². The Hall–Kier alpha value is -1.35. The zero-order chi connectivity index (χ0) is 10.8. The molecule has 0 saturated carbocycles. The zero-order valence-corrected chi connectivity index (χ0v) is 8.97. The van der Waals surface area contributed by atoms with Crippen LogP contribution in [0, 0.1) is 6.92 Å². The summed E-state index contributed by atoms with van der Waals surface area (Å²) >= 11 is 0. The van der Waals surface area contributed by atoms with Gasteiger partial charge in [0.25, 0.3) is 0 Å². The number of rotatable bonds is 2. The van der Waals surface area contributed by atoms with E-state index in [0.29, 0.717) is 13.0 Å². The summed E-state index contributed by atoms with van der Waals surface area (Å²) in [5, 5.41) is 2.95. The average molecular weight is 204 g/mol. The van der Waals surface area contributed by atoms with Crippen molar-refractivity contribution >= 4 is 11.6 Å². The molecular formula is C12H16N2O. The molecule has 0 bridgehead atoms. The molecule has 15 heavy (non-hydrogen) atoms. The van der Waals surface area contributed by atoms with Crippen LogP contribution in [-0.4, -0.2) is 12.5 Å². The van der Waals surface area contributed by atoms with Crippen molar-refractivity contribution in [1.29, 1.82) is 0 Å². The lowest BCUT2D eigenvalue weighted by molar-refractivity contribution is -0.116. The molecule has 0 aromatic heterocycles. The lowest BCUT2D eigenvalue weighted by atomic mass is 9.95. The molecule has 0 aliphatic carbocycles. The number of benzene rings is 1. The van der Waals surface area contributed by atoms with Gasteiger partial charge in [0, 0.05) is 12.1 Å². The highest BCUT2D eigenvalue weighted by Crippen LogP contribution is 2.28. The van der Waals surface area contributed by atoms with Crippen molar-refractivity contribution in [2.24, 2.45) is 5.73 Å². The van der Waals surface area contributed by atoms with Crippen LogP contribution in [0.4, 0.5) is 5.69 Å². The fraction of sp³-hybridized carbons (Fsp3) is 0.417. The average Bonchev–Trinajstić information content (AvgIpc) is 2.19. The minimum Gasteiger partial charge on any atom is -0.330 e. The number of carbonyl (C=O) groups is 1. The maximum absolute atomic E-state index is 11.3. The van der Waals surface area contributed by atoms with Crippen LogP contribution >= 0.6 is 0 Å².